The second kappa shape index (κ2) is 7.16. The lowest BCUT2D eigenvalue weighted by Crippen LogP contribution is -2.20. The van der Waals surface area contributed by atoms with E-state index in [1.165, 1.54) is 18.5 Å². The zero-order chi connectivity index (χ0) is 14.5. The molecule has 1 aromatic heterocycles. The van der Waals surface area contributed by atoms with Crippen molar-refractivity contribution < 1.29 is 0 Å². The third kappa shape index (κ3) is 3.78. The zero-order valence-corrected chi connectivity index (χ0v) is 13.5. The van der Waals surface area contributed by atoms with Gasteiger partial charge in [0.2, 0.25) is 0 Å². The topological polar surface area (TPSA) is 8.17 Å². The van der Waals surface area contributed by atoms with Gasteiger partial charge in [-0.2, -0.15) is 0 Å². The summed E-state index contributed by atoms with van der Waals surface area (Å²) in [6.45, 7) is 4.23. The van der Waals surface area contributed by atoms with E-state index in [1.807, 2.05) is 24.4 Å². The zero-order valence-electron chi connectivity index (χ0n) is 11.9. The summed E-state index contributed by atoms with van der Waals surface area (Å²) in [6, 6.07) is 9.79. The molecule has 0 aliphatic carbocycles. The van der Waals surface area contributed by atoms with Crippen LogP contribution in [-0.2, 0) is 6.54 Å². The molecular formula is C16H20Cl2N2. The largest absolute Gasteiger partial charge is 0.318 e. The predicted octanol–water partition coefficient (Wildman–Crippen LogP) is 5.02. The van der Waals surface area contributed by atoms with Crippen molar-refractivity contribution in [3.05, 3.63) is 52.3 Å². The van der Waals surface area contributed by atoms with E-state index in [4.69, 9.17) is 23.2 Å². The van der Waals surface area contributed by atoms with Gasteiger partial charge in [0.05, 0.1) is 10.7 Å². The van der Waals surface area contributed by atoms with Gasteiger partial charge in [-0.05, 0) is 50.3 Å². The SMILES string of the molecule is CCCCN(C)Cc1cccn1-c1ccc(Cl)cc1Cl. The maximum absolute atomic E-state index is 6.29. The molecule has 0 saturated heterocycles. The molecular weight excluding hydrogens is 291 g/mol. The average Bonchev–Trinajstić information content (AvgIpc) is 2.84. The van der Waals surface area contributed by atoms with Crippen molar-refractivity contribution in [3.63, 3.8) is 0 Å². The first kappa shape index (κ1) is 15.4. The van der Waals surface area contributed by atoms with E-state index in [2.05, 4.69) is 29.5 Å². The second-order valence-electron chi connectivity index (χ2n) is 5.06. The summed E-state index contributed by atoms with van der Waals surface area (Å²) in [5.74, 6) is 0. The minimum atomic E-state index is 0.660. The number of nitrogens with zero attached hydrogens (tertiary/aromatic N) is 2. The quantitative estimate of drug-likeness (QED) is 0.727. The standard InChI is InChI=1S/C16H20Cl2N2/c1-3-4-9-19(2)12-14-6-5-10-20(14)16-8-7-13(17)11-15(16)18/h5-8,10-11H,3-4,9,12H2,1-2H3. The van der Waals surface area contributed by atoms with Gasteiger partial charge in [0.1, 0.15) is 0 Å². The number of hydrogen-bond donors (Lipinski definition) is 0. The average molecular weight is 311 g/mol. The Balaban J connectivity index is 2.20. The van der Waals surface area contributed by atoms with Crippen molar-refractivity contribution in [2.24, 2.45) is 0 Å². The van der Waals surface area contributed by atoms with Crippen LogP contribution in [0, 0.1) is 0 Å². The van der Waals surface area contributed by atoms with Crippen LogP contribution < -0.4 is 0 Å². The molecule has 0 amide bonds. The Bertz CT molecular complexity index is 563. The van der Waals surface area contributed by atoms with E-state index in [-0.39, 0.29) is 0 Å². The summed E-state index contributed by atoms with van der Waals surface area (Å²) in [5.41, 5.74) is 2.20. The minimum absolute atomic E-state index is 0.660. The van der Waals surface area contributed by atoms with E-state index in [0.29, 0.717) is 10.0 Å². The van der Waals surface area contributed by atoms with Crippen LogP contribution in [-0.4, -0.2) is 23.1 Å². The Morgan fingerprint density at radius 2 is 2.00 bits per heavy atom. The van der Waals surface area contributed by atoms with E-state index >= 15 is 0 Å². The maximum atomic E-state index is 6.29. The van der Waals surface area contributed by atoms with Crippen LogP contribution in [0.5, 0.6) is 0 Å². The summed E-state index contributed by atoms with van der Waals surface area (Å²) >= 11 is 12.3. The number of rotatable bonds is 6. The molecule has 4 heteroatoms. The van der Waals surface area contributed by atoms with Crippen molar-refractivity contribution in [1.29, 1.82) is 0 Å². The molecule has 0 bridgehead atoms. The van der Waals surface area contributed by atoms with E-state index in [1.54, 1.807) is 6.07 Å². The highest BCUT2D eigenvalue weighted by molar-refractivity contribution is 6.35. The fraction of sp³-hybridized carbons (Fsp3) is 0.375. The van der Waals surface area contributed by atoms with E-state index in [9.17, 15) is 0 Å². The highest BCUT2D eigenvalue weighted by atomic mass is 35.5. The normalized spacial score (nSPS) is 11.2. The van der Waals surface area contributed by atoms with Crippen molar-refractivity contribution in [1.82, 2.24) is 9.47 Å². The first-order valence-electron chi connectivity index (χ1n) is 6.92. The molecule has 0 atom stereocenters. The number of hydrogen-bond acceptors (Lipinski definition) is 1. The Hall–Kier alpha value is -0.960. The van der Waals surface area contributed by atoms with Gasteiger partial charge in [0.15, 0.2) is 0 Å². The lowest BCUT2D eigenvalue weighted by molar-refractivity contribution is 0.315. The number of aromatic nitrogens is 1. The first-order chi connectivity index (χ1) is 9.61. The molecule has 0 aliphatic rings. The first-order valence-corrected chi connectivity index (χ1v) is 7.67. The van der Waals surface area contributed by atoms with Gasteiger partial charge in [-0.3, -0.25) is 0 Å². The monoisotopic (exact) mass is 310 g/mol. The Morgan fingerprint density at radius 3 is 2.70 bits per heavy atom. The summed E-state index contributed by atoms with van der Waals surface area (Å²) in [4.78, 5) is 2.33. The third-order valence-electron chi connectivity index (χ3n) is 3.33. The van der Waals surface area contributed by atoms with Gasteiger partial charge in [-0.15, -0.1) is 0 Å². The van der Waals surface area contributed by atoms with Crippen LogP contribution >= 0.6 is 23.2 Å². The summed E-state index contributed by atoms with van der Waals surface area (Å²) in [7, 11) is 2.15. The third-order valence-corrected chi connectivity index (χ3v) is 3.87. The van der Waals surface area contributed by atoms with Crippen molar-refractivity contribution >= 4 is 23.2 Å². The maximum Gasteiger partial charge on any atom is 0.0661 e. The number of unbranched alkanes of at least 4 members (excludes halogenated alkanes) is 1. The summed E-state index contributed by atoms with van der Waals surface area (Å²) in [5, 5.41) is 1.33. The van der Waals surface area contributed by atoms with Gasteiger partial charge in [-0.25, -0.2) is 0 Å². The van der Waals surface area contributed by atoms with Crippen LogP contribution in [0.25, 0.3) is 5.69 Å². The molecule has 2 nitrogen and oxygen atoms in total. The molecule has 0 radical (unpaired) electrons. The molecule has 1 aromatic carbocycles. The van der Waals surface area contributed by atoms with E-state index < -0.39 is 0 Å². The van der Waals surface area contributed by atoms with Gasteiger partial charge in [-0.1, -0.05) is 36.5 Å². The molecule has 0 aliphatic heterocycles. The molecule has 2 rings (SSSR count). The van der Waals surface area contributed by atoms with Gasteiger partial charge >= 0.3 is 0 Å². The molecule has 0 saturated carbocycles. The van der Waals surface area contributed by atoms with Crippen LogP contribution in [0.2, 0.25) is 10.0 Å². The molecule has 108 valence electrons. The lowest BCUT2D eigenvalue weighted by Gasteiger charge is -2.18. The van der Waals surface area contributed by atoms with E-state index in [0.717, 1.165) is 18.8 Å². The lowest BCUT2D eigenvalue weighted by atomic mass is 10.3. The van der Waals surface area contributed by atoms with Crippen molar-refractivity contribution in [3.8, 4) is 5.69 Å². The minimum Gasteiger partial charge on any atom is -0.318 e. The Labute approximate surface area is 130 Å². The van der Waals surface area contributed by atoms with Crippen LogP contribution in [0.4, 0.5) is 0 Å². The Morgan fingerprint density at radius 1 is 1.20 bits per heavy atom. The van der Waals surface area contributed by atoms with Crippen LogP contribution in [0.3, 0.4) is 0 Å². The predicted molar refractivity (Wildman–Crippen MR) is 87.0 cm³/mol. The molecule has 0 N–H and O–H groups in total. The molecule has 2 aromatic rings. The van der Waals surface area contributed by atoms with Gasteiger partial charge in [0, 0.05) is 23.5 Å². The molecule has 20 heavy (non-hydrogen) atoms. The highest BCUT2D eigenvalue weighted by Crippen LogP contribution is 2.26. The van der Waals surface area contributed by atoms with Gasteiger partial charge < -0.3 is 9.47 Å². The fourth-order valence-corrected chi connectivity index (χ4v) is 2.74. The summed E-state index contributed by atoms with van der Waals surface area (Å²) in [6.07, 6.45) is 4.48. The summed E-state index contributed by atoms with van der Waals surface area (Å²) < 4.78 is 2.13. The molecule has 0 spiro atoms. The fourth-order valence-electron chi connectivity index (χ4n) is 2.24. The van der Waals surface area contributed by atoms with Gasteiger partial charge in [0.25, 0.3) is 0 Å². The van der Waals surface area contributed by atoms with Crippen molar-refractivity contribution in [2.45, 2.75) is 26.3 Å². The molecule has 0 fully saturated rings. The van der Waals surface area contributed by atoms with Crippen LogP contribution in [0.1, 0.15) is 25.5 Å². The number of benzene rings is 1. The smallest absolute Gasteiger partial charge is 0.0661 e. The molecule has 1 heterocycles. The Kier molecular flexibility index (Phi) is 5.53. The highest BCUT2D eigenvalue weighted by Gasteiger charge is 2.09. The number of halogens is 2. The van der Waals surface area contributed by atoms with Crippen LogP contribution in [0.15, 0.2) is 36.5 Å². The van der Waals surface area contributed by atoms with Crippen molar-refractivity contribution in [2.75, 3.05) is 13.6 Å². The second-order valence-corrected chi connectivity index (χ2v) is 5.90. The molecule has 0 unspecified atom stereocenters.